The van der Waals surface area contributed by atoms with E-state index in [1.807, 2.05) is 36.1 Å². The highest BCUT2D eigenvalue weighted by molar-refractivity contribution is 7.84. The molecule has 0 saturated carbocycles. The third-order valence-corrected chi connectivity index (χ3v) is 7.38. The third-order valence-electron chi connectivity index (χ3n) is 6.06. The van der Waals surface area contributed by atoms with Crippen LogP contribution in [0.15, 0.2) is 45.7 Å². The van der Waals surface area contributed by atoms with Crippen LogP contribution < -0.4 is 0 Å². The summed E-state index contributed by atoms with van der Waals surface area (Å²) in [6, 6.07) is 11.8. The Bertz CT molecular complexity index is 865. The van der Waals surface area contributed by atoms with Gasteiger partial charge in [-0.1, -0.05) is 18.6 Å². The van der Waals surface area contributed by atoms with Crippen LogP contribution in [-0.4, -0.2) is 52.1 Å². The van der Waals surface area contributed by atoms with Crippen molar-refractivity contribution >= 4 is 16.7 Å². The number of carbonyl (C=O) groups excluding carboxylic acids is 1. The molecule has 29 heavy (non-hydrogen) atoms. The molecule has 1 unspecified atom stereocenters. The van der Waals surface area contributed by atoms with Crippen molar-refractivity contribution in [3.63, 3.8) is 0 Å². The topological polar surface area (TPSA) is 53.8 Å². The molecule has 4 rings (SSSR count). The molecule has 5 nitrogen and oxygen atoms in total. The summed E-state index contributed by atoms with van der Waals surface area (Å²) < 4.78 is 18.4. The van der Waals surface area contributed by atoms with E-state index in [4.69, 9.17) is 4.42 Å². The number of hydrogen-bond donors (Lipinski definition) is 0. The molecule has 0 N–H and O–H groups in total. The smallest absolute Gasteiger partial charge is 0.289 e. The molecule has 2 aromatic rings. The van der Waals surface area contributed by atoms with E-state index in [1.54, 1.807) is 12.1 Å². The molecule has 2 aliphatic rings. The van der Waals surface area contributed by atoms with Crippen LogP contribution in [0.25, 0.3) is 0 Å². The third kappa shape index (κ3) is 4.98. The van der Waals surface area contributed by atoms with Gasteiger partial charge in [-0.05, 0) is 75.5 Å². The Hall–Kier alpha value is -1.92. The number of aryl methyl sites for hydroxylation is 1. The van der Waals surface area contributed by atoms with Crippen LogP contribution in [0.1, 0.15) is 54.0 Å². The van der Waals surface area contributed by atoms with Gasteiger partial charge in [0, 0.05) is 24.0 Å². The average molecular weight is 415 g/mol. The Balaban J connectivity index is 1.32. The van der Waals surface area contributed by atoms with Crippen molar-refractivity contribution in [2.24, 2.45) is 0 Å². The standard InChI is InChI=1S/C23H30N2O3S/c1-18-6-5-7-21(16-18)29(27)17-20-8-9-22(28-20)23(26)25-14-10-19(11-15-25)24-12-3-2-4-13-24/h5-9,16,19H,2-4,10-15,17H2,1H3. The molecule has 2 saturated heterocycles. The molecule has 0 bridgehead atoms. The molecule has 3 heterocycles. The van der Waals surface area contributed by atoms with Gasteiger partial charge in [-0.2, -0.15) is 0 Å². The lowest BCUT2D eigenvalue weighted by molar-refractivity contribution is 0.0561. The number of furan rings is 1. The number of nitrogens with zero attached hydrogens (tertiary/aromatic N) is 2. The zero-order valence-corrected chi connectivity index (χ0v) is 18.0. The first-order chi connectivity index (χ1) is 14.1. The van der Waals surface area contributed by atoms with Crippen molar-refractivity contribution < 1.29 is 13.4 Å². The van der Waals surface area contributed by atoms with E-state index in [9.17, 15) is 9.00 Å². The van der Waals surface area contributed by atoms with E-state index in [0.717, 1.165) is 36.4 Å². The molecule has 1 aromatic heterocycles. The second-order valence-electron chi connectivity index (χ2n) is 8.19. The monoisotopic (exact) mass is 414 g/mol. The van der Waals surface area contributed by atoms with E-state index < -0.39 is 10.8 Å². The molecule has 0 aliphatic carbocycles. The molecule has 2 fully saturated rings. The van der Waals surface area contributed by atoms with E-state index in [-0.39, 0.29) is 11.7 Å². The Morgan fingerprint density at radius 2 is 1.83 bits per heavy atom. The largest absolute Gasteiger partial charge is 0.455 e. The molecule has 2 aliphatic heterocycles. The van der Waals surface area contributed by atoms with Gasteiger partial charge in [0.25, 0.3) is 5.91 Å². The summed E-state index contributed by atoms with van der Waals surface area (Å²) in [6.07, 6.45) is 6.03. The number of rotatable bonds is 5. The Kier molecular flexibility index (Phi) is 6.50. The maximum Gasteiger partial charge on any atom is 0.289 e. The summed E-state index contributed by atoms with van der Waals surface area (Å²) in [4.78, 5) is 18.1. The van der Waals surface area contributed by atoms with E-state index >= 15 is 0 Å². The van der Waals surface area contributed by atoms with Crippen LogP contribution in [0.2, 0.25) is 0 Å². The van der Waals surface area contributed by atoms with Gasteiger partial charge in [-0.3, -0.25) is 9.00 Å². The van der Waals surface area contributed by atoms with Crippen molar-refractivity contribution in [1.82, 2.24) is 9.80 Å². The summed E-state index contributed by atoms with van der Waals surface area (Å²) in [7, 11) is -1.18. The van der Waals surface area contributed by atoms with Gasteiger partial charge in [0.1, 0.15) is 5.76 Å². The van der Waals surface area contributed by atoms with Gasteiger partial charge in [-0.15, -0.1) is 0 Å². The molecule has 6 heteroatoms. The molecule has 1 aromatic carbocycles. The minimum absolute atomic E-state index is 0.0466. The van der Waals surface area contributed by atoms with Gasteiger partial charge < -0.3 is 14.2 Å². The Morgan fingerprint density at radius 3 is 2.55 bits per heavy atom. The number of carbonyl (C=O) groups is 1. The lowest BCUT2D eigenvalue weighted by Gasteiger charge is -2.40. The minimum atomic E-state index is -1.18. The summed E-state index contributed by atoms with van der Waals surface area (Å²) >= 11 is 0. The molecular formula is C23H30N2O3S. The Labute approximate surface area is 175 Å². The number of benzene rings is 1. The van der Waals surface area contributed by atoms with Crippen molar-refractivity contribution in [3.8, 4) is 0 Å². The predicted octanol–water partition coefficient (Wildman–Crippen LogP) is 3.99. The summed E-state index contributed by atoms with van der Waals surface area (Å²) in [5, 5.41) is 0. The fourth-order valence-electron chi connectivity index (χ4n) is 4.41. The zero-order valence-electron chi connectivity index (χ0n) is 17.1. The number of likely N-dealkylation sites (tertiary alicyclic amines) is 2. The van der Waals surface area contributed by atoms with E-state index in [0.29, 0.717) is 17.6 Å². The van der Waals surface area contributed by atoms with Crippen molar-refractivity contribution in [2.75, 3.05) is 26.2 Å². The van der Waals surface area contributed by atoms with Crippen molar-refractivity contribution in [2.45, 2.75) is 55.7 Å². The fourth-order valence-corrected chi connectivity index (χ4v) is 5.54. The number of piperidine rings is 2. The second kappa shape index (κ2) is 9.26. The predicted molar refractivity (Wildman–Crippen MR) is 114 cm³/mol. The van der Waals surface area contributed by atoms with Gasteiger partial charge in [0.2, 0.25) is 0 Å². The normalized spacial score (nSPS) is 20.0. The first-order valence-electron chi connectivity index (χ1n) is 10.7. The second-order valence-corrected chi connectivity index (χ2v) is 9.64. The van der Waals surface area contributed by atoms with Gasteiger partial charge in [-0.25, -0.2) is 0 Å². The van der Waals surface area contributed by atoms with Crippen LogP contribution in [-0.2, 0) is 16.6 Å². The van der Waals surface area contributed by atoms with E-state index in [2.05, 4.69) is 4.90 Å². The zero-order chi connectivity index (χ0) is 20.2. The van der Waals surface area contributed by atoms with Gasteiger partial charge >= 0.3 is 0 Å². The van der Waals surface area contributed by atoms with Crippen LogP contribution in [0, 0.1) is 6.92 Å². The summed E-state index contributed by atoms with van der Waals surface area (Å²) in [6.45, 7) is 5.96. The number of amides is 1. The highest BCUT2D eigenvalue weighted by Crippen LogP contribution is 2.23. The quantitative estimate of drug-likeness (QED) is 0.742. The minimum Gasteiger partial charge on any atom is -0.455 e. The molecule has 1 atom stereocenters. The number of hydrogen-bond acceptors (Lipinski definition) is 4. The lowest BCUT2D eigenvalue weighted by atomic mass is 10.00. The highest BCUT2D eigenvalue weighted by atomic mass is 32.2. The van der Waals surface area contributed by atoms with Gasteiger partial charge in [0.05, 0.1) is 16.6 Å². The first-order valence-corrected chi connectivity index (χ1v) is 12.0. The van der Waals surface area contributed by atoms with Crippen LogP contribution >= 0.6 is 0 Å². The van der Waals surface area contributed by atoms with Gasteiger partial charge in [0.15, 0.2) is 5.76 Å². The summed E-state index contributed by atoms with van der Waals surface area (Å²) in [5.74, 6) is 1.19. The lowest BCUT2D eigenvalue weighted by Crippen LogP contribution is -2.48. The molecule has 156 valence electrons. The average Bonchev–Trinajstić information content (AvgIpc) is 3.22. The maximum atomic E-state index is 12.8. The summed E-state index contributed by atoms with van der Waals surface area (Å²) in [5.41, 5.74) is 1.08. The molecule has 0 spiro atoms. The van der Waals surface area contributed by atoms with Crippen molar-refractivity contribution in [3.05, 3.63) is 53.5 Å². The van der Waals surface area contributed by atoms with Crippen LogP contribution in [0.3, 0.4) is 0 Å². The van der Waals surface area contributed by atoms with Crippen LogP contribution in [0.5, 0.6) is 0 Å². The first kappa shape index (κ1) is 20.4. The SMILES string of the molecule is Cc1cccc(S(=O)Cc2ccc(C(=O)N3CCC(N4CCCCC4)CC3)o2)c1. The highest BCUT2D eigenvalue weighted by Gasteiger charge is 2.29. The van der Waals surface area contributed by atoms with Crippen LogP contribution in [0.4, 0.5) is 0 Å². The molecule has 0 radical (unpaired) electrons. The molecule has 1 amide bonds. The van der Waals surface area contributed by atoms with Crippen molar-refractivity contribution in [1.29, 1.82) is 0 Å². The molecular weight excluding hydrogens is 384 g/mol. The van der Waals surface area contributed by atoms with E-state index in [1.165, 1.54) is 32.4 Å². The Morgan fingerprint density at radius 1 is 1.07 bits per heavy atom. The maximum absolute atomic E-state index is 12.8. The fraction of sp³-hybridized carbons (Fsp3) is 0.522.